The first-order chi connectivity index (χ1) is 13.4. The van der Waals surface area contributed by atoms with Gasteiger partial charge in [-0.25, -0.2) is 0 Å². The molecule has 1 aliphatic rings. The molecule has 3 rings (SSSR count). The smallest absolute Gasteiger partial charge is 0.243 e. The van der Waals surface area contributed by atoms with E-state index in [1.54, 1.807) is 11.8 Å². The lowest BCUT2D eigenvalue weighted by Crippen LogP contribution is -2.29. The van der Waals surface area contributed by atoms with Crippen molar-refractivity contribution in [2.45, 2.75) is 18.9 Å². The summed E-state index contributed by atoms with van der Waals surface area (Å²) in [7, 11) is 3.97. The molecule has 1 unspecified atom stereocenters. The third-order valence-electron chi connectivity index (χ3n) is 4.80. The van der Waals surface area contributed by atoms with Gasteiger partial charge in [-0.05, 0) is 55.3 Å². The number of carbonyl (C=O) groups is 1. The van der Waals surface area contributed by atoms with Gasteiger partial charge in [0.15, 0.2) is 5.17 Å². The number of hydrogen-bond acceptors (Lipinski definition) is 6. The van der Waals surface area contributed by atoms with E-state index in [9.17, 15) is 4.79 Å². The molecule has 0 fully saturated rings. The van der Waals surface area contributed by atoms with Crippen LogP contribution in [0.15, 0.2) is 53.5 Å². The van der Waals surface area contributed by atoms with Crippen LogP contribution in [-0.4, -0.2) is 37.5 Å². The minimum absolute atomic E-state index is 0.0921. The van der Waals surface area contributed by atoms with Gasteiger partial charge in [0.05, 0.1) is 12.1 Å². The third kappa shape index (κ3) is 4.98. The molecule has 1 heterocycles. The van der Waals surface area contributed by atoms with E-state index >= 15 is 0 Å². The highest BCUT2D eigenvalue weighted by molar-refractivity contribution is 8.13. The normalized spacial score (nSPS) is 18.9. The number of carbonyl (C=O) groups excluding carboxylic acids is 1. The predicted octanol–water partition coefficient (Wildman–Crippen LogP) is 3.47. The SMILES string of the molecule is CN(C)c1ccc(NC(=O)CNc2cccc(C3(C)CCSC(N)=N3)c2)cc1. The number of thioether (sulfide) groups is 1. The van der Waals surface area contributed by atoms with Crippen molar-refractivity contribution in [3.8, 4) is 0 Å². The highest BCUT2D eigenvalue weighted by atomic mass is 32.2. The average Bonchev–Trinajstić information content (AvgIpc) is 2.67. The molecule has 28 heavy (non-hydrogen) atoms. The van der Waals surface area contributed by atoms with Crippen molar-refractivity contribution >= 4 is 39.9 Å². The topological polar surface area (TPSA) is 82.8 Å². The Morgan fingerprint density at radius 2 is 1.96 bits per heavy atom. The molecule has 0 saturated carbocycles. The summed E-state index contributed by atoms with van der Waals surface area (Å²) in [6.07, 6.45) is 0.936. The molecule has 0 aromatic heterocycles. The first-order valence-electron chi connectivity index (χ1n) is 9.25. The van der Waals surface area contributed by atoms with E-state index in [2.05, 4.69) is 28.6 Å². The molecular formula is C21H27N5OS. The van der Waals surface area contributed by atoms with Crippen molar-refractivity contribution in [1.82, 2.24) is 0 Å². The van der Waals surface area contributed by atoms with E-state index in [0.29, 0.717) is 5.17 Å². The van der Waals surface area contributed by atoms with Gasteiger partial charge in [0.1, 0.15) is 0 Å². The fraction of sp³-hybridized carbons (Fsp3) is 0.333. The van der Waals surface area contributed by atoms with Gasteiger partial charge in [-0.3, -0.25) is 9.79 Å². The van der Waals surface area contributed by atoms with Gasteiger partial charge >= 0.3 is 0 Å². The van der Waals surface area contributed by atoms with Gasteiger partial charge in [0.2, 0.25) is 5.91 Å². The number of amidine groups is 1. The summed E-state index contributed by atoms with van der Waals surface area (Å²) in [4.78, 5) is 18.9. The zero-order chi connectivity index (χ0) is 20.1. The largest absolute Gasteiger partial charge is 0.379 e. The molecule has 0 aliphatic carbocycles. The van der Waals surface area contributed by atoms with E-state index in [-0.39, 0.29) is 18.0 Å². The average molecular weight is 398 g/mol. The second-order valence-electron chi connectivity index (χ2n) is 7.25. The molecule has 2 aromatic rings. The zero-order valence-electron chi connectivity index (χ0n) is 16.5. The first kappa shape index (κ1) is 20.1. The highest BCUT2D eigenvalue weighted by Crippen LogP contribution is 2.35. The van der Waals surface area contributed by atoms with Crippen LogP contribution < -0.4 is 21.3 Å². The molecular weight excluding hydrogens is 370 g/mol. The summed E-state index contributed by atoms with van der Waals surface area (Å²) in [6.45, 7) is 2.29. The van der Waals surface area contributed by atoms with Crippen LogP contribution in [0.3, 0.4) is 0 Å². The van der Waals surface area contributed by atoms with Crippen molar-refractivity contribution in [3.05, 3.63) is 54.1 Å². The van der Waals surface area contributed by atoms with E-state index in [1.807, 2.05) is 61.5 Å². The number of rotatable bonds is 6. The molecule has 148 valence electrons. The Morgan fingerprint density at radius 1 is 1.21 bits per heavy atom. The molecule has 1 aliphatic heterocycles. The molecule has 6 nitrogen and oxygen atoms in total. The lowest BCUT2D eigenvalue weighted by molar-refractivity contribution is -0.114. The molecule has 0 saturated heterocycles. The molecule has 1 atom stereocenters. The van der Waals surface area contributed by atoms with Crippen LogP contribution in [0.1, 0.15) is 18.9 Å². The Labute approximate surface area is 170 Å². The van der Waals surface area contributed by atoms with Gasteiger partial charge in [-0.1, -0.05) is 23.9 Å². The second kappa shape index (κ2) is 8.56. The lowest BCUT2D eigenvalue weighted by Gasteiger charge is -2.30. The highest BCUT2D eigenvalue weighted by Gasteiger charge is 2.29. The van der Waals surface area contributed by atoms with Gasteiger partial charge in [-0.2, -0.15) is 0 Å². The number of aliphatic imine (C=N–C) groups is 1. The Kier molecular flexibility index (Phi) is 6.14. The molecule has 0 radical (unpaired) electrons. The molecule has 1 amide bonds. The number of nitrogens with two attached hydrogens (primary N) is 1. The van der Waals surface area contributed by atoms with E-state index in [0.717, 1.165) is 34.8 Å². The van der Waals surface area contributed by atoms with Gasteiger partial charge in [0.25, 0.3) is 0 Å². The number of anilines is 3. The van der Waals surface area contributed by atoms with Crippen molar-refractivity contribution < 1.29 is 4.79 Å². The van der Waals surface area contributed by atoms with Crippen LogP contribution in [0, 0.1) is 0 Å². The Balaban J connectivity index is 1.60. The van der Waals surface area contributed by atoms with Gasteiger partial charge < -0.3 is 21.3 Å². The lowest BCUT2D eigenvalue weighted by atomic mass is 9.89. The predicted molar refractivity (Wildman–Crippen MR) is 120 cm³/mol. The van der Waals surface area contributed by atoms with Gasteiger partial charge in [0, 0.05) is 36.9 Å². The number of hydrogen-bond donors (Lipinski definition) is 3. The third-order valence-corrected chi connectivity index (χ3v) is 5.60. The van der Waals surface area contributed by atoms with Crippen molar-refractivity contribution in [3.63, 3.8) is 0 Å². The van der Waals surface area contributed by atoms with Crippen LogP contribution in [-0.2, 0) is 10.3 Å². The van der Waals surface area contributed by atoms with Crippen molar-refractivity contribution in [2.24, 2.45) is 10.7 Å². The summed E-state index contributed by atoms with van der Waals surface area (Å²) >= 11 is 1.59. The number of amides is 1. The van der Waals surface area contributed by atoms with E-state index in [4.69, 9.17) is 5.73 Å². The summed E-state index contributed by atoms with van der Waals surface area (Å²) in [5.41, 5.74) is 9.47. The Morgan fingerprint density at radius 3 is 2.64 bits per heavy atom. The van der Waals surface area contributed by atoms with Crippen LogP contribution in [0.2, 0.25) is 0 Å². The maximum atomic E-state index is 12.3. The molecule has 7 heteroatoms. The number of benzene rings is 2. The number of nitrogens with zero attached hydrogens (tertiary/aromatic N) is 2. The fourth-order valence-corrected chi connectivity index (χ4v) is 4.06. The summed E-state index contributed by atoms with van der Waals surface area (Å²) in [5, 5.41) is 6.74. The monoisotopic (exact) mass is 397 g/mol. The zero-order valence-corrected chi connectivity index (χ0v) is 17.3. The van der Waals surface area contributed by atoms with Crippen molar-refractivity contribution in [2.75, 3.05) is 41.9 Å². The van der Waals surface area contributed by atoms with Crippen LogP contribution in [0.4, 0.5) is 17.1 Å². The fourth-order valence-electron chi connectivity index (χ4n) is 3.09. The molecule has 0 spiro atoms. The summed E-state index contributed by atoms with van der Waals surface area (Å²) < 4.78 is 0. The Bertz CT molecular complexity index is 865. The standard InChI is InChI=1S/C21H27N5OS/c1-21(11-12-28-20(22)25-21)15-5-4-6-17(13-15)23-14-19(27)24-16-7-9-18(10-8-16)26(2)3/h4-10,13,23H,11-12,14H2,1-3H3,(H2,22,25)(H,24,27). The Hall–Kier alpha value is -2.67. The quantitative estimate of drug-likeness (QED) is 0.695. The molecule has 0 bridgehead atoms. The van der Waals surface area contributed by atoms with Crippen LogP contribution >= 0.6 is 11.8 Å². The summed E-state index contributed by atoms with van der Waals surface area (Å²) in [6, 6.07) is 15.8. The first-order valence-corrected chi connectivity index (χ1v) is 10.2. The minimum Gasteiger partial charge on any atom is -0.379 e. The molecule has 2 aromatic carbocycles. The second-order valence-corrected chi connectivity index (χ2v) is 8.36. The number of nitrogens with one attached hydrogen (secondary N) is 2. The molecule has 4 N–H and O–H groups in total. The van der Waals surface area contributed by atoms with Crippen molar-refractivity contribution in [1.29, 1.82) is 0 Å². The maximum absolute atomic E-state index is 12.3. The maximum Gasteiger partial charge on any atom is 0.243 e. The van der Waals surface area contributed by atoms with Gasteiger partial charge in [-0.15, -0.1) is 0 Å². The van der Waals surface area contributed by atoms with Crippen LogP contribution in [0.5, 0.6) is 0 Å². The van der Waals surface area contributed by atoms with E-state index in [1.165, 1.54) is 0 Å². The minimum atomic E-state index is -0.316. The summed E-state index contributed by atoms with van der Waals surface area (Å²) in [5.74, 6) is 0.865. The van der Waals surface area contributed by atoms with Crippen LogP contribution in [0.25, 0.3) is 0 Å². The van der Waals surface area contributed by atoms with E-state index < -0.39 is 0 Å².